The topological polar surface area (TPSA) is 81.4 Å². The molecule has 0 aromatic heterocycles. The van der Waals surface area contributed by atoms with Gasteiger partial charge in [0, 0.05) is 35.6 Å². The fourth-order valence-corrected chi connectivity index (χ4v) is 4.60. The van der Waals surface area contributed by atoms with Gasteiger partial charge >= 0.3 is 0 Å². The number of nitrogen functional groups attached to an aromatic ring is 1. The van der Waals surface area contributed by atoms with Crippen LogP contribution in [0.25, 0.3) is 0 Å². The lowest BCUT2D eigenvalue weighted by molar-refractivity contribution is 0.0832. The largest absolute Gasteiger partial charge is 0.399 e. The zero-order valence-corrected chi connectivity index (χ0v) is 12.9. The Kier molecular flexibility index (Phi) is 5.71. The summed E-state index contributed by atoms with van der Waals surface area (Å²) in [5.74, 6) is 0.655. The molecule has 0 saturated carbocycles. The van der Waals surface area contributed by atoms with Crippen molar-refractivity contribution in [1.29, 1.82) is 0 Å². The minimum Gasteiger partial charge on any atom is -0.399 e. The Morgan fingerprint density at radius 1 is 1.25 bits per heavy atom. The van der Waals surface area contributed by atoms with Crippen molar-refractivity contribution >= 4 is 27.5 Å². The second-order valence-electron chi connectivity index (χ2n) is 4.74. The van der Waals surface area contributed by atoms with E-state index in [0.717, 1.165) is 17.7 Å². The first-order valence-corrected chi connectivity index (χ1v) is 9.25. The van der Waals surface area contributed by atoms with E-state index in [1.54, 1.807) is 0 Å². The highest BCUT2D eigenvalue weighted by Crippen LogP contribution is 2.19. The van der Waals surface area contributed by atoms with Crippen LogP contribution in [0.5, 0.6) is 0 Å². The highest BCUT2D eigenvalue weighted by atomic mass is 32.2. The van der Waals surface area contributed by atoms with E-state index in [9.17, 15) is 8.42 Å². The number of nitrogens with two attached hydrogens (primary N) is 1. The maximum atomic E-state index is 12.0. The van der Waals surface area contributed by atoms with Crippen LogP contribution in [0.3, 0.4) is 0 Å². The van der Waals surface area contributed by atoms with Gasteiger partial charge in [-0.25, -0.2) is 13.1 Å². The van der Waals surface area contributed by atoms with Crippen molar-refractivity contribution in [2.75, 3.05) is 30.5 Å². The molecular formula is C13H20N2O3S2. The third-order valence-electron chi connectivity index (χ3n) is 3.07. The smallest absolute Gasteiger partial charge is 0.212 e. The predicted octanol–water partition coefficient (Wildman–Crippen LogP) is 1.46. The van der Waals surface area contributed by atoms with Crippen molar-refractivity contribution < 1.29 is 13.2 Å². The SMILES string of the molecule is Nc1ccc(SCCS(=O)(=O)NC2CCOCC2)cc1. The molecule has 0 radical (unpaired) electrons. The molecule has 112 valence electrons. The summed E-state index contributed by atoms with van der Waals surface area (Å²) in [5, 5.41) is 0. The predicted molar refractivity (Wildman–Crippen MR) is 82.3 cm³/mol. The molecule has 7 heteroatoms. The average Bonchev–Trinajstić information content (AvgIpc) is 2.41. The van der Waals surface area contributed by atoms with Crippen molar-refractivity contribution in [1.82, 2.24) is 4.72 Å². The van der Waals surface area contributed by atoms with Crippen LogP contribution in [0, 0.1) is 0 Å². The summed E-state index contributed by atoms with van der Waals surface area (Å²) in [6.07, 6.45) is 1.51. The number of anilines is 1. The summed E-state index contributed by atoms with van der Waals surface area (Å²) in [6.45, 7) is 1.26. The minimum absolute atomic E-state index is 0.0234. The first-order valence-electron chi connectivity index (χ1n) is 6.61. The van der Waals surface area contributed by atoms with Crippen molar-refractivity contribution in [3.8, 4) is 0 Å². The molecule has 1 aliphatic heterocycles. The Labute approximate surface area is 124 Å². The van der Waals surface area contributed by atoms with E-state index in [4.69, 9.17) is 10.5 Å². The van der Waals surface area contributed by atoms with E-state index in [2.05, 4.69) is 4.72 Å². The van der Waals surface area contributed by atoms with Crippen LogP contribution in [-0.2, 0) is 14.8 Å². The summed E-state index contributed by atoms with van der Waals surface area (Å²) in [6, 6.07) is 7.46. The fourth-order valence-electron chi connectivity index (χ4n) is 1.96. The van der Waals surface area contributed by atoms with Crippen LogP contribution >= 0.6 is 11.8 Å². The van der Waals surface area contributed by atoms with Gasteiger partial charge in [0.15, 0.2) is 0 Å². The molecule has 1 fully saturated rings. The lowest BCUT2D eigenvalue weighted by Crippen LogP contribution is -2.40. The van der Waals surface area contributed by atoms with Crippen molar-refractivity contribution in [3.63, 3.8) is 0 Å². The highest BCUT2D eigenvalue weighted by molar-refractivity contribution is 8.00. The zero-order valence-electron chi connectivity index (χ0n) is 11.2. The lowest BCUT2D eigenvalue weighted by atomic mass is 10.1. The third kappa shape index (κ3) is 5.32. The van der Waals surface area contributed by atoms with Gasteiger partial charge in [0.05, 0.1) is 5.75 Å². The van der Waals surface area contributed by atoms with Gasteiger partial charge in [-0.2, -0.15) is 0 Å². The van der Waals surface area contributed by atoms with E-state index in [1.807, 2.05) is 24.3 Å². The van der Waals surface area contributed by atoms with E-state index in [0.29, 0.717) is 24.7 Å². The molecule has 1 aliphatic rings. The molecule has 0 bridgehead atoms. The van der Waals surface area contributed by atoms with Crippen molar-refractivity contribution in [2.45, 2.75) is 23.8 Å². The second kappa shape index (κ2) is 7.31. The Hall–Kier alpha value is -0.760. The van der Waals surface area contributed by atoms with Gasteiger partial charge in [-0.3, -0.25) is 0 Å². The van der Waals surface area contributed by atoms with Gasteiger partial charge in [0.25, 0.3) is 0 Å². The standard InChI is InChI=1S/C13H20N2O3S2/c14-11-1-3-13(4-2-11)19-9-10-20(16,17)15-12-5-7-18-8-6-12/h1-4,12,15H,5-10,14H2. The van der Waals surface area contributed by atoms with Crippen LogP contribution in [0.4, 0.5) is 5.69 Å². The Bertz CT molecular complexity index is 511. The van der Waals surface area contributed by atoms with Crippen LogP contribution < -0.4 is 10.5 Å². The maximum Gasteiger partial charge on any atom is 0.212 e. The molecule has 0 aliphatic carbocycles. The van der Waals surface area contributed by atoms with Gasteiger partial charge in [0.2, 0.25) is 10.0 Å². The molecule has 20 heavy (non-hydrogen) atoms. The molecule has 1 aromatic carbocycles. The number of hydrogen-bond acceptors (Lipinski definition) is 5. The van der Waals surface area contributed by atoms with E-state index >= 15 is 0 Å². The number of benzene rings is 1. The summed E-state index contributed by atoms with van der Waals surface area (Å²) in [7, 11) is -3.21. The van der Waals surface area contributed by atoms with Crippen LogP contribution in [-0.4, -0.2) is 39.2 Å². The van der Waals surface area contributed by atoms with E-state index in [-0.39, 0.29) is 11.8 Å². The first-order chi connectivity index (χ1) is 9.55. The van der Waals surface area contributed by atoms with E-state index in [1.165, 1.54) is 11.8 Å². The normalized spacial score (nSPS) is 17.2. The van der Waals surface area contributed by atoms with Crippen LogP contribution in [0.1, 0.15) is 12.8 Å². The van der Waals surface area contributed by atoms with Gasteiger partial charge in [0.1, 0.15) is 0 Å². The molecule has 0 amide bonds. The quantitative estimate of drug-likeness (QED) is 0.613. The number of sulfonamides is 1. The number of rotatable bonds is 6. The Morgan fingerprint density at radius 3 is 2.55 bits per heavy atom. The number of thioether (sulfide) groups is 1. The number of ether oxygens (including phenoxy) is 1. The monoisotopic (exact) mass is 316 g/mol. The second-order valence-corrected chi connectivity index (χ2v) is 7.78. The summed E-state index contributed by atoms with van der Waals surface area (Å²) in [4.78, 5) is 1.03. The van der Waals surface area contributed by atoms with Gasteiger partial charge < -0.3 is 10.5 Å². The fraction of sp³-hybridized carbons (Fsp3) is 0.538. The van der Waals surface area contributed by atoms with Crippen LogP contribution in [0.15, 0.2) is 29.2 Å². The molecule has 5 nitrogen and oxygen atoms in total. The molecule has 1 saturated heterocycles. The zero-order chi connectivity index (χ0) is 14.4. The van der Waals surface area contributed by atoms with Crippen LogP contribution in [0.2, 0.25) is 0 Å². The summed E-state index contributed by atoms with van der Waals surface area (Å²) < 4.78 is 31.9. The van der Waals surface area contributed by atoms with Crippen molar-refractivity contribution in [2.24, 2.45) is 0 Å². The molecule has 1 heterocycles. The van der Waals surface area contributed by atoms with Gasteiger partial charge in [-0.15, -0.1) is 11.8 Å². The molecule has 0 spiro atoms. The molecule has 0 unspecified atom stereocenters. The molecule has 1 aromatic rings. The molecule has 0 atom stereocenters. The molecular weight excluding hydrogens is 296 g/mol. The minimum atomic E-state index is -3.21. The first kappa shape index (κ1) is 15.6. The highest BCUT2D eigenvalue weighted by Gasteiger charge is 2.20. The molecule has 3 N–H and O–H groups in total. The van der Waals surface area contributed by atoms with Gasteiger partial charge in [-0.1, -0.05) is 0 Å². The average molecular weight is 316 g/mol. The Balaban J connectivity index is 1.75. The van der Waals surface area contributed by atoms with Crippen molar-refractivity contribution in [3.05, 3.63) is 24.3 Å². The Morgan fingerprint density at radius 2 is 1.90 bits per heavy atom. The third-order valence-corrected chi connectivity index (χ3v) is 5.77. The lowest BCUT2D eigenvalue weighted by Gasteiger charge is -2.22. The van der Waals surface area contributed by atoms with Gasteiger partial charge in [-0.05, 0) is 37.1 Å². The molecule has 2 rings (SSSR count). The van der Waals surface area contributed by atoms with E-state index < -0.39 is 10.0 Å². The summed E-state index contributed by atoms with van der Waals surface area (Å²) in [5.41, 5.74) is 6.31. The summed E-state index contributed by atoms with van der Waals surface area (Å²) >= 11 is 1.52. The maximum absolute atomic E-state index is 12.0. The number of hydrogen-bond donors (Lipinski definition) is 2. The number of nitrogens with one attached hydrogen (secondary N) is 1.